The topological polar surface area (TPSA) is 56.8 Å². The summed E-state index contributed by atoms with van der Waals surface area (Å²) in [4.78, 5) is 12.9. The number of aryl methyl sites for hydroxylation is 2. The summed E-state index contributed by atoms with van der Waals surface area (Å²) in [5.41, 5.74) is 4.13. The van der Waals surface area contributed by atoms with Gasteiger partial charge in [-0.05, 0) is 80.4 Å². The third-order valence-electron chi connectivity index (χ3n) is 4.90. The van der Waals surface area contributed by atoms with Crippen LogP contribution in [-0.2, 0) is 6.61 Å². The predicted octanol–water partition coefficient (Wildman–Crippen LogP) is 6.20. The van der Waals surface area contributed by atoms with Crippen molar-refractivity contribution in [3.63, 3.8) is 0 Å². The molecule has 0 unspecified atom stereocenters. The molecule has 0 atom stereocenters. The number of carbonyl (C=O) groups excluding carboxylic acids is 1. The number of rotatable bonds is 8. The van der Waals surface area contributed by atoms with Crippen LogP contribution in [0.3, 0.4) is 0 Å². The smallest absolute Gasteiger partial charge is 0.255 e. The quantitative estimate of drug-likeness (QED) is 0.454. The summed E-state index contributed by atoms with van der Waals surface area (Å²) in [5, 5.41) is 3.36. The van der Waals surface area contributed by atoms with E-state index in [0.717, 1.165) is 16.9 Å². The number of carbonyl (C=O) groups is 1. The van der Waals surface area contributed by atoms with Gasteiger partial charge in [-0.15, -0.1) is 0 Å². The molecule has 0 radical (unpaired) electrons. The maximum absolute atomic E-state index is 12.9. The van der Waals surface area contributed by atoms with E-state index in [1.54, 1.807) is 36.4 Å². The largest absolute Gasteiger partial charge is 0.495 e. The van der Waals surface area contributed by atoms with Gasteiger partial charge in [0.1, 0.15) is 23.9 Å². The van der Waals surface area contributed by atoms with Gasteiger partial charge in [-0.1, -0.05) is 17.7 Å². The number of amides is 1. The lowest BCUT2D eigenvalue weighted by atomic mass is 10.1. The van der Waals surface area contributed by atoms with Crippen LogP contribution in [-0.4, -0.2) is 19.6 Å². The van der Waals surface area contributed by atoms with Gasteiger partial charge >= 0.3 is 0 Å². The summed E-state index contributed by atoms with van der Waals surface area (Å²) in [6.07, 6.45) is 0. The van der Waals surface area contributed by atoms with Crippen LogP contribution in [0.15, 0.2) is 54.6 Å². The van der Waals surface area contributed by atoms with Gasteiger partial charge in [0, 0.05) is 16.1 Å². The Morgan fingerprint density at radius 1 is 0.935 bits per heavy atom. The summed E-state index contributed by atoms with van der Waals surface area (Å²) in [7, 11) is 1.54. The normalized spacial score (nSPS) is 10.5. The van der Waals surface area contributed by atoms with Crippen LogP contribution in [0.25, 0.3) is 0 Å². The highest BCUT2D eigenvalue weighted by Gasteiger charge is 2.14. The molecule has 0 aliphatic carbocycles. The SMILES string of the molecule is CCOc1ccc(C(=O)Nc2cc(Cl)ccc2OC)cc1COc1ccc(C)c(C)c1. The van der Waals surface area contributed by atoms with Crippen LogP contribution in [0.2, 0.25) is 5.02 Å². The molecule has 0 aliphatic rings. The Labute approximate surface area is 187 Å². The molecule has 0 bridgehead atoms. The van der Waals surface area contributed by atoms with Crippen molar-refractivity contribution in [2.24, 2.45) is 0 Å². The van der Waals surface area contributed by atoms with Crippen molar-refractivity contribution in [3.05, 3.63) is 81.9 Å². The van der Waals surface area contributed by atoms with Crippen LogP contribution in [0.4, 0.5) is 5.69 Å². The highest BCUT2D eigenvalue weighted by molar-refractivity contribution is 6.31. The average molecular weight is 440 g/mol. The number of benzene rings is 3. The van der Waals surface area contributed by atoms with Crippen molar-refractivity contribution < 1.29 is 19.0 Å². The van der Waals surface area contributed by atoms with Gasteiger partial charge in [-0.2, -0.15) is 0 Å². The second-order valence-electron chi connectivity index (χ2n) is 7.09. The van der Waals surface area contributed by atoms with E-state index in [2.05, 4.69) is 12.2 Å². The summed E-state index contributed by atoms with van der Waals surface area (Å²) < 4.78 is 17.0. The van der Waals surface area contributed by atoms with Gasteiger partial charge in [0.05, 0.1) is 19.4 Å². The van der Waals surface area contributed by atoms with E-state index in [4.69, 9.17) is 25.8 Å². The zero-order valence-electron chi connectivity index (χ0n) is 18.1. The zero-order chi connectivity index (χ0) is 22.4. The molecule has 0 aromatic heterocycles. The first-order valence-electron chi connectivity index (χ1n) is 10.0. The lowest BCUT2D eigenvalue weighted by molar-refractivity contribution is 0.102. The molecule has 6 heteroatoms. The molecule has 0 aliphatic heterocycles. The highest BCUT2D eigenvalue weighted by atomic mass is 35.5. The van der Waals surface area contributed by atoms with Crippen molar-refractivity contribution in [1.29, 1.82) is 0 Å². The van der Waals surface area contributed by atoms with Crippen LogP contribution in [0, 0.1) is 13.8 Å². The van der Waals surface area contributed by atoms with Crippen LogP contribution >= 0.6 is 11.6 Å². The fourth-order valence-corrected chi connectivity index (χ4v) is 3.24. The summed E-state index contributed by atoms with van der Waals surface area (Å²) >= 11 is 6.06. The minimum Gasteiger partial charge on any atom is -0.495 e. The molecule has 1 N–H and O–H groups in total. The van der Waals surface area contributed by atoms with Crippen molar-refractivity contribution in [3.8, 4) is 17.2 Å². The van der Waals surface area contributed by atoms with Gasteiger partial charge < -0.3 is 19.5 Å². The molecule has 0 spiro atoms. The molecule has 0 saturated carbocycles. The van der Waals surface area contributed by atoms with E-state index in [9.17, 15) is 4.79 Å². The lowest BCUT2D eigenvalue weighted by Gasteiger charge is -2.15. The zero-order valence-corrected chi connectivity index (χ0v) is 18.9. The first kappa shape index (κ1) is 22.5. The molecule has 0 fully saturated rings. The summed E-state index contributed by atoms with van der Waals surface area (Å²) in [5.74, 6) is 1.70. The highest BCUT2D eigenvalue weighted by Crippen LogP contribution is 2.29. The van der Waals surface area contributed by atoms with Gasteiger partial charge in [0.15, 0.2) is 0 Å². The van der Waals surface area contributed by atoms with Crippen molar-refractivity contribution in [1.82, 2.24) is 0 Å². The second-order valence-corrected chi connectivity index (χ2v) is 7.53. The minimum atomic E-state index is -0.281. The van der Waals surface area contributed by atoms with Gasteiger partial charge in [0.25, 0.3) is 5.91 Å². The predicted molar refractivity (Wildman–Crippen MR) is 124 cm³/mol. The Hall–Kier alpha value is -3.18. The lowest BCUT2D eigenvalue weighted by Crippen LogP contribution is -2.14. The first-order chi connectivity index (χ1) is 14.9. The standard InChI is InChI=1S/C25H26ClNO4/c1-5-30-23-10-7-18(25(28)27-22-14-20(26)8-11-24(22)29-4)13-19(23)15-31-21-9-6-16(2)17(3)12-21/h6-14H,5,15H2,1-4H3,(H,27,28). The second kappa shape index (κ2) is 10.2. The van der Waals surface area contributed by atoms with Crippen molar-refractivity contribution in [2.75, 3.05) is 19.0 Å². The third kappa shape index (κ3) is 5.70. The van der Waals surface area contributed by atoms with Crippen LogP contribution in [0.5, 0.6) is 17.2 Å². The molecule has 1 amide bonds. The van der Waals surface area contributed by atoms with Crippen molar-refractivity contribution in [2.45, 2.75) is 27.4 Å². The van der Waals surface area contributed by atoms with Gasteiger partial charge in [-0.3, -0.25) is 4.79 Å². The Kier molecular flexibility index (Phi) is 7.42. The van der Waals surface area contributed by atoms with E-state index >= 15 is 0 Å². The maximum Gasteiger partial charge on any atom is 0.255 e. The molecule has 3 aromatic rings. The Bertz CT molecular complexity index is 1080. The van der Waals surface area contributed by atoms with Crippen LogP contribution < -0.4 is 19.5 Å². The molecule has 5 nitrogen and oxygen atoms in total. The number of hydrogen-bond acceptors (Lipinski definition) is 4. The van der Waals surface area contributed by atoms with Gasteiger partial charge in [-0.25, -0.2) is 0 Å². The number of nitrogens with one attached hydrogen (secondary N) is 1. The van der Waals surface area contributed by atoms with E-state index < -0.39 is 0 Å². The van der Waals surface area contributed by atoms with E-state index in [-0.39, 0.29) is 12.5 Å². The first-order valence-corrected chi connectivity index (χ1v) is 10.4. The maximum atomic E-state index is 12.9. The average Bonchev–Trinajstić information content (AvgIpc) is 2.75. The Balaban J connectivity index is 1.82. The molecule has 31 heavy (non-hydrogen) atoms. The molecule has 3 rings (SSSR count). The van der Waals surface area contributed by atoms with Gasteiger partial charge in [0.2, 0.25) is 0 Å². The minimum absolute atomic E-state index is 0.277. The Morgan fingerprint density at radius 2 is 1.71 bits per heavy atom. The summed E-state index contributed by atoms with van der Waals surface area (Å²) in [6, 6.07) is 16.3. The number of methoxy groups -OCH3 is 1. The fraction of sp³-hybridized carbons (Fsp3) is 0.240. The van der Waals surface area contributed by atoms with Crippen LogP contribution in [0.1, 0.15) is 34.0 Å². The number of anilines is 1. The number of hydrogen-bond donors (Lipinski definition) is 1. The third-order valence-corrected chi connectivity index (χ3v) is 5.14. The molecular formula is C25H26ClNO4. The van der Waals surface area contributed by atoms with E-state index in [0.29, 0.717) is 34.4 Å². The number of halogens is 1. The number of ether oxygens (including phenoxy) is 3. The molecule has 162 valence electrons. The summed E-state index contributed by atoms with van der Waals surface area (Å²) in [6.45, 7) is 6.81. The molecular weight excluding hydrogens is 414 g/mol. The van der Waals surface area contributed by atoms with E-state index in [1.807, 2.05) is 32.0 Å². The molecule has 3 aromatic carbocycles. The molecule has 0 heterocycles. The Morgan fingerprint density at radius 3 is 2.42 bits per heavy atom. The fourth-order valence-electron chi connectivity index (χ4n) is 3.07. The van der Waals surface area contributed by atoms with E-state index in [1.165, 1.54) is 12.7 Å². The molecule has 0 saturated heterocycles. The van der Waals surface area contributed by atoms with Crippen molar-refractivity contribution >= 4 is 23.2 Å². The monoisotopic (exact) mass is 439 g/mol.